The van der Waals surface area contributed by atoms with Crippen LogP contribution in [0.5, 0.6) is 0 Å². The average molecular weight is 240 g/mol. The van der Waals surface area contributed by atoms with E-state index in [2.05, 4.69) is 10.3 Å². The number of nitrogens with one attached hydrogen (secondary N) is 1. The lowest BCUT2D eigenvalue weighted by Crippen LogP contribution is -2.27. The molecule has 5 nitrogen and oxygen atoms in total. The number of carbonyl (C=O) groups is 1. The van der Waals surface area contributed by atoms with Gasteiger partial charge in [-0.3, -0.25) is 0 Å². The smallest absolute Gasteiger partial charge is 0.356 e. The molecule has 1 aromatic rings. The van der Waals surface area contributed by atoms with Gasteiger partial charge in [0.2, 0.25) is 0 Å². The maximum absolute atomic E-state index is 10.5. The summed E-state index contributed by atoms with van der Waals surface area (Å²) in [5.74, 6) is -0.157. The molecule has 2 N–H and O–H groups in total. The number of carboxylic acids is 1. The molecule has 1 aliphatic rings. The van der Waals surface area contributed by atoms with E-state index >= 15 is 0 Å². The molecule has 0 unspecified atom stereocenters. The van der Waals surface area contributed by atoms with Crippen LogP contribution in [-0.2, 0) is 13.1 Å². The van der Waals surface area contributed by atoms with Crippen molar-refractivity contribution in [2.24, 2.45) is 0 Å². The first-order chi connectivity index (χ1) is 5.77. The van der Waals surface area contributed by atoms with Gasteiger partial charge < -0.3 is 15.0 Å². The first kappa shape index (κ1) is 13.2. The molecule has 0 bridgehead atoms. The summed E-state index contributed by atoms with van der Waals surface area (Å²) in [6.07, 6.45) is 1.58. The fourth-order valence-corrected chi connectivity index (χ4v) is 1.29. The van der Waals surface area contributed by atoms with Crippen LogP contribution in [0.1, 0.15) is 16.3 Å². The van der Waals surface area contributed by atoms with E-state index in [0.29, 0.717) is 6.54 Å². The molecule has 0 radical (unpaired) electrons. The van der Waals surface area contributed by atoms with Crippen molar-refractivity contribution in [1.82, 2.24) is 14.9 Å². The van der Waals surface area contributed by atoms with Crippen molar-refractivity contribution in [2.45, 2.75) is 13.1 Å². The first-order valence-electron chi connectivity index (χ1n) is 3.77. The molecule has 0 atom stereocenters. The van der Waals surface area contributed by atoms with Gasteiger partial charge in [-0.1, -0.05) is 0 Å². The second kappa shape index (κ2) is 5.19. The first-order valence-corrected chi connectivity index (χ1v) is 3.77. The fraction of sp³-hybridized carbons (Fsp3) is 0.429. The lowest BCUT2D eigenvalue weighted by Gasteiger charge is -2.13. The van der Waals surface area contributed by atoms with E-state index in [4.69, 9.17) is 5.11 Å². The number of halogens is 2. The average Bonchev–Trinajstić information content (AvgIpc) is 2.46. The Morgan fingerprint density at radius 2 is 2.29 bits per heavy atom. The molecule has 0 spiro atoms. The molecule has 80 valence electrons. The van der Waals surface area contributed by atoms with Crippen molar-refractivity contribution < 1.29 is 9.90 Å². The molecule has 7 heteroatoms. The molecular formula is C7H11Cl2N3O2. The van der Waals surface area contributed by atoms with Crippen LogP contribution in [0.15, 0.2) is 6.20 Å². The van der Waals surface area contributed by atoms with E-state index in [9.17, 15) is 4.79 Å². The Morgan fingerprint density at radius 1 is 1.57 bits per heavy atom. The van der Waals surface area contributed by atoms with Crippen LogP contribution in [0.3, 0.4) is 0 Å². The van der Waals surface area contributed by atoms with Crippen molar-refractivity contribution in [3.63, 3.8) is 0 Å². The Hall–Kier alpha value is -0.780. The predicted molar refractivity (Wildman–Crippen MR) is 55.4 cm³/mol. The lowest BCUT2D eigenvalue weighted by molar-refractivity contribution is 0.0691. The zero-order valence-electron chi connectivity index (χ0n) is 7.27. The van der Waals surface area contributed by atoms with Gasteiger partial charge in [-0.15, -0.1) is 24.8 Å². The van der Waals surface area contributed by atoms with E-state index in [0.717, 1.165) is 18.9 Å². The Balaban J connectivity index is 0.000000845. The van der Waals surface area contributed by atoms with Crippen LogP contribution in [0.25, 0.3) is 0 Å². The van der Waals surface area contributed by atoms with Crippen LogP contribution >= 0.6 is 24.8 Å². The topological polar surface area (TPSA) is 67.1 Å². The van der Waals surface area contributed by atoms with Gasteiger partial charge >= 0.3 is 5.97 Å². The molecule has 0 aliphatic carbocycles. The third-order valence-corrected chi connectivity index (χ3v) is 1.89. The number of fused-ring (bicyclic) bond motifs is 1. The van der Waals surface area contributed by atoms with Gasteiger partial charge in [-0.05, 0) is 0 Å². The third-order valence-electron chi connectivity index (χ3n) is 1.89. The van der Waals surface area contributed by atoms with Gasteiger partial charge in [-0.25, -0.2) is 9.78 Å². The monoisotopic (exact) mass is 239 g/mol. The summed E-state index contributed by atoms with van der Waals surface area (Å²) in [5, 5.41) is 11.8. The van der Waals surface area contributed by atoms with Crippen LogP contribution < -0.4 is 5.32 Å². The maximum Gasteiger partial charge on any atom is 0.356 e. The minimum absolute atomic E-state index is 0. The molecule has 2 rings (SSSR count). The van der Waals surface area contributed by atoms with Gasteiger partial charge in [0, 0.05) is 19.3 Å². The number of aromatic carboxylic acids is 1. The fourth-order valence-electron chi connectivity index (χ4n) is 1.29. The number of aromatic nitrogens is 2. The minimum Gasteiger partial charge on any atom is -0.476 e. The molecule has 14 heavy (non-hydrogen) atoms. The number of hydrogen-bond acceptors (Lipinski definition) is 3. The second-order valence-electron chi connectivity index (χ2n) is 2.72. The molecular weight excluding hydrogens is 229 g/mol. The molecule has 1 aromatic heterocycles. The van der Waals surface area contributed by atoms with Crippen molar-refractivity contribution in [3.05, 3.63) is 17.7 Å². The van der Waals surface area contributed by atoms with Crippen LogP contribution in [0.2, 0.25) is 0 Å². The zero-order valence-corrected chi connectivity index (χ0v) is 8.90. The number of carboxylic acid groups (broad SMARTS) is 1. The highest BCUT2D eigenvalue weighted by atomic mass is 35.5. The Bertz CT molecular complexity index is 303. The maximum atomic E-state index is 10.5. The van der Waals surface area contributed by atoms with E-state index in [1.165, 1.54) is 0 Å². The summed E-state index contributed by atoms with van der Waals surface area (Å²) in [7, 11) is 0. The van der Waals surface area contributed by atoms with Crippen molar-refractivity contribution >= 4 is 30.8 Å². The van der Waals surface area contributed by atoms with E-state index < -0.39 is 5.97 Å². The van der Waals surface area contributed by atoms with Gasteiger partial charge in [-0.2, -0.15) is 0 Å². The van der Waals surface area contributed by atoms with Gasteiger partial charge in [0.1, 0.15) is 5.82 Å². The molecule has 2 heterocycles. The second-order valence-corrected chi connectivity index (χ2v) is 2.72. The van der Waals surface area contributed by atoms with E-state index in [-0.39, 0.29) is 30.5 Å². The largest absolute Gasteiger partial charge is 0.476 e. The lowest BCUT2D eigenvalue weighted by atomic mass is 10.4. The van der Waals surface area contributed by atoms with Crippen molar-refractivity contribution in [3.8, 4) is 0 Å². The minimum atomic E-state index is -0.961. The highest BCUT2D eigenvalue weighted by molar-refractivity contribution is 5.85. The van der Waals surface area contributed by atoms with E-state index in [1.807, 2.05) is 4.57 Å². The molecule has 0 saturated carbocycles. The zero-order chi connectivity index (χ0) is 8.55. The van der Waals surface area contributed by atoms with Crippen LogP contribution in [0.4, 0.5) is 0 Å². The number of rotatable bonds is 1. The number of nitrogens with zero attached hydrogens (tertiary/aromatic N) is 2. The Morgan fingerprint density at radius 3 is 2.86 bits per heavy atom. The van der Waals surface area contributed by atoms with Crippen molar-refractivity contribution in [2.75, 3.05) is 6.54 Å². The number of hydrogen-bond donors (Lipinski definition) is 2. The van der Waals surface area contributed by atoms with Gasteiger partial charge in [0.15, 0.2) is 5.69 Å². The Kier molecular flexibility index (Phi) is 4.90. The summed E-state index contributed by atoms with van der Waals surface area (Å²) in [6.45, 7) is 2.34. The molecule has 0 amide bonds. The predicted octanol–water partition coefficient (Wildman–Crippen LogP) is 0.528. The molecule has 0 saturated heterocycles. The van der Waals surface area contributed by atoms with Crippen LogP contribution in [0, 0.1) is 0 Å². The highest BCUT2D eigenvalue weighted by Gasteiger charge is 2.14. The highest BCUT2D eigenvalue weighted by Crippen LogP contribution is 2.06. The quantitative estimate of drug-likeness (QED) is 0.751. The van der Waals surface area contributed by atoms with E-state index in [1.54, 1.807) is 6.20 Å². The summed E-state index contributed by atoms with van der Waals surface area (Å²) >= 11 is 0. The molecule has 0 aromatic carbocycles. The summed E-state index contributed by atoms with van der Waals surface area (Å²) in [5.41, 5.74) is 0.133. The summed E-state index contributed by atoms with van der Waals surface area (Å²) in [4.78, 5) is 14.5. The summed E-state index contributed by atoms with van der Waals surface area (Å²) in [6, 6.07) is 0. The van der Waals surface area contributed by atoms with Gasteiger partial charge in [0.05, 0.1) is 6.54 Å². The molecule has 0 fully saturated rings. The third kappa shape index (κ3) is 2.37. The summed E-state index contributed by atoms with van der Waals surface area (Å²) < 4.78 is 1.87. The normalized spacial score (nSPS) is 13.4. The number of imidazole rings is 1. The van der Waals surface area contributed by atoms with Crippen molar-refractivity contribution in [1.29, 1.82) is 0 Å². The molecule has 1 aliphatic heterocycles. The van der Waals surface area contributed by atoms with Crippen LogP contribution in [-0.4, -0.2) is 27.2 Å². The standard InChI is InChI=1S/C7H9N3O2.2ClH/c11-7(12)5-4-10-2-1-8-3-6(10)9-5;;/h4,8H,1-3H2,(H,11,12);2*1H. The van der Waals surface area contributed by atoms with Gasteiger partial charge in [0.25, 0.3) is 0 Å². The Labute approximate surface area is 93.3 Å². The SMILES string of the molecule is Cl.Cl.O=C(O)c1cn2c(n1)CNCC2.